The van der Waals surface area contributed by atoms with E-state index < -0.39 is 0 Å². The molecule has 1 aromatic carbocycles. The summed E-state index contributed by atoms with van der Waals surface area (Å²) < 4.78 is 5.75. The second-order valence-electron chi connectivity index (χ2n) is 6.60. The second kappa shape index (κ2) is 8.40. The summed E-state index contributed by atoms with van der Waals surface area (Å²) in [6, 6.07) is 8.47. The number of hydrogen-bond donors (Lipinski definition) is 1. The SMILES string of the molecule is CC(C)CCOc1ccc(CN2CCCC(CO)C2)cc1. The van der Waals surface area contributed by atoms with E-state index in [1.807, 2.05) is 0 Å². The first-order valence-corrected chi connectivity index (χ1v) is 8.22. The first-order chi connectivity index (χ1) is 10.2. The maximum absolute atomic E-state index is 9.29. The molecular formula is C18H29NO2. The molecule has 0 amide bonds. The van der Waals surface area contributed by atoms with E-state index in [-0.39, 0.29) is 0 Å². The zero-order valence-corrected chi connectivity index (χ0v) is 13.4. The van der Waals surface area contributed by atoms with Gasteiger partial charge in [0.2, 0.25) is 0 Å². The number of benzene rings is 1. The molecule has 0 aromatic heterocycles. The minimum Gasteiger partial charge on any atom is -0.494 e. The average Bonchev–Trinajstić information content (AvgIpc) is 2.49. The van der Waals surface area contributed by atoms with E-state index in [2.05, 4.69) is 43.0 Å². The zero-order chi connectivity index (χ0) is 15.1. The van der Waals surface area contributed by atoms with Crippen LogP contribution in [0.2, 0.25) is 0 Å². The van der Waals surface area contributed by atoms with Gasteiger partial charge in [0.1, 0.15) is 5.75 Å². The number of nitrogens with zero attached hydrogens (tertiary/aromatic N) is 1. The first-order valence-electron chi connectivity index (χ1n) is 8.22. The third-order valence-corrected chi connectivity index (χ3v) is 4.15. The molecule has 1 unspecified atom stereocenters. The zero-order valence-electron chi connectivity index (χ0n) is 13.4. The summed E-state index contributed by atoms with van der Waals surface area (Å²) in [6.45, 7) is 8.67. The van der Waals surface area contributed by atoms with Gasteiger partial charge in [-0.25, -0.2) is 0 Å². The van der Waals surface area contributed by atoms with Crippen LogP contribution in [-0.2, 0) is 6.54 Å². The van der Waals surface area contributed by atoms with Crippen LogP contribution in [0.15, 0.2) is 24.3 Å². The normalized spacial score (nSPS) is 19.9. The molecule has 1 heterocycles. The molecule has 1 atom stereocenters. The van der Waals surface area contributed by atoms with Crippen molar-refractivity contribution in [3.8, 4) is 5.75 Å². The van der Waals surface area contributed by atoms with Gasteiger partial charge in [-0.2, -0.15) is 0 Å². The van der Waals surface area contributed by atoms with Crippen molar-refractivity contribution >= 4 is 0 Å². The minimum atomic E-state index is 0.319. The van der Waals surface area contributed by atoms with Gasteiger partial charge in [0.25, 0.3) is 0 Å². The predicted molar refractivity (Wildman–Crippen MR) is 86.5 cm³/mol. The van der Waals surface area contributed by atoms with Crippen molar-refractivity contribution in [1.82, 2.24) is 4.90 Å². The number of aliphatic hydroxyl groups excluding tert-OH is 1. The number of piperidine rings is 1. The molecule has 21 heavy (non-hydrogen) atoms. The fraction of sp³-hybridized carbons (Fsp3) is 0.667. The Labute approximate surface area is 128 Å². The third-order valence-electron chi connectivity index (χ3n) is 4.15. The lowest BCUT2D eigenvalue weighted by Crippen LogP contribution is -2.36. The van der Waals surface area contributed by atoms with Crippen LogP contribution in [0.4, 0.5) is 0 Å². The van der Waals surface area contributed by atoms with E-state index in [1.165, 1.54) is 12.0 Å². The standard InChI is InChI=1S/C18H29NO2/c1-15(2)9-11-21-18-7-5-16(6-8-18)12-19-10-3-4-17(13-19)14-20/h5-8,15,17,20H,3-4,9-14H2,1-2H3. The van der Waals surface area contributed by atoms with Gasteiger partial charge in [0.15, 0.2) is 0 Å². The highest BCUT2D eigenvalue weighted by Crippen LogP contribution is 2.19. The number of rotatable bonds is 7. The smallest absolute Gasteiger partial charge is 0.119 e. The Hall–Kier alpha value is -1.06. The molecule has 0 spiro atoms. The van der Waals surface area contributed by atoms with E-state index >= 15 is 0 Å². The molecule has 1 fully saturated rings. The molecule has 3 heteroatoms. The number of ether oxygens (including phenoxy) is 1. The third kappa shape index (κ3) is 5.68. The Morgan fingerprint density at radius 3 is 2.71 bits per heavy atom. The molecule has 3 nitrogen and oxygen atoms in total. The number of aliphatic hydroxyl groups is 1. The van der Waals surface area contributed by atoms with Gasteiger partial charge < -0.3 is 9.84 Å². The summed E-state index contributed by atoms with van der Waals surface area (Å²) in [5.41, 5.74) is 1.32. The monoisotopic (exact) mass is 291 g/mol. The van der Waals surface area contributed by atoms with Crippen LogP contribution in [0.25, 0.3) is 0 Å². The summed E-state index contributed by atoms with van der Waals surface area (Å²) in [5, 5.41) is 9.29. The van der Waals surface area contributed by atoms with Crippen LogP contribution >= 0.6 is 0 Å². The summed E-state index contributed by atoms with van der Waals surface area (Å²) in [7, 11) is 0. The van der Waals surface area contributed by atoms with Gasteiger partial charge in [-0.3, -0.25) is 4.90 Å². The van der Waals surface area contributed by atoms with Gasteiger partial charge in [0, 0.05) is 19.7 Å². The van der Waals surface area contributed by atoms with E-state index in [1.54, 1.807) is 0 Å². The highest BCUT2D eigenvalue weighted by atomic mass is 16.5. The maximum atomic E-state index is 9.29. The average molecular weight is 291 g/mol. The number of likely N-dealkylation sites (tertiary alicyclic amines) is 1. The largest absolute Gasteiger partial charge is 0.494 e. The summed E-state index contributed by atoms with van der Waals surface area (Å²) in [4.78, 5) is 2.44. The fourth-order valence-corrected chi connectivity index (χ4v) is 2.81. The molecule has 0 aliphatic carbocycles. The lowest BCUT2D eigenvalue weighted by Gasteiger charge is -2.31. The van der Waals surface area contributed by atoms with Gasteiger partial charge >= 0.3 is 0 Å². The van der Waals surface area contributed by atoms with Crippen LogP contribution in [0, 0.1) is 11.8 Å². The maximum Gasteiger partial charge on any atom is 0.119 e. The van der Waals surface area contributed by atoms with Crippen molar-refractivity contribution in [2.45, 2.75) is 39.7 Å². The molecule has 0 saturated carbocycles. The van der Waals surface area contributed by atoms with Crippen LogP contribution in [0.3, 0.4) is 0 Å². The van der Waals surface area contributed by atoms with Crippen LogP contribution < -0.4 is 4.74 Å². The highest BCUT2D eigenvalue weighted by Gasteiger charge is 2.18. The van der Waals surface area contributed by atoms with Gasteiger partial charge in [-0.1, -0.05) is 26.0 Å². The number of hydrogen-bond acceptors (Lipinski definition) is 3. The molecule has 118 valence electrons. The highest BCUT2D eigenvalue weighted by molar-refractivity contribution is 5.27. The summed E-state index contributed by atoms with van der Waals surface area (Å²) in [5.74, 6) is 2.10. The van der Waals surface area contributed by atoms with E-state index in [0.29, 0.717) is 18.4 Å². The van der Waals surface area contributed by atoms with Crippen molar-refractivity contribution in [2.24, 2.45) is 11.8 Å². The Kier molecular flexibility index (Phi) is 6.52. The van der Waals surface area contributed by atoms with Crippen molar-refractivity contribution in [3.63, 3.8) is 0 Å². The lowest BCUT2D eigenvalue weighted by molar-refractivity contribution is 0.116. The van der Waals surface area contributed by atoms with E-state index in [4.69, 9.17) is 4.74 Å². The molecule has 1 aliphatic heterocycles. The first kappa shape index (κ1) is 16.3. The fourth-order valence-electron chi connectivity index (χ4n) is 2.81. The molecule has 1 aromatic rings. The Morgan fingerprint density at radius 1 is 1.29 bits per heavy atom. The quantitative estimate of drug-likeness (QED) is 0.836. The van der Waals surface area contributed by atoms with Crippen LogP contribution in [0.1, 0.15) is 38.7 Å². The molecule has 1 N–H and O–H groups in total. The molecule has 1 aliphatic rings. The van der Waals surface area contributed by atoms with Gasteiger partial charge in [-0.15, -0.1) is 0 Å². The summed E-state index contributed by atoms with van der Waals surface area (Å²) >= 11 is 0. The van der Waals surface area contributed by atoms with E-state index in [9.17, 15) is 5.11 Å². The van der Waals surface area contributed by atoms with Crippen LogP contribution in [0.5, 0.6) is 5.75 Å². The van der Waals surface area contributed by atoms with Crippen molar-refractivity contribution in [3.05, 3.63) is 29.8 Å². The Morgan fingerprint density at radius 2 is 2.05 bits per heavy atom. The molecule has 2 rings (SSSR count). The van der Waals surface area contributed by atoms with Crippen molar-refractivity contribution in [2.75, 3.05) is 26.3 Å². The lowest BCUT2D eigenvalue weighted by atomic mass is 9.98. The predicted octanol–water partition coefficient (Wildman–Crippen LogP) is 3.32. The van der Waals surface area contributed by atoms with Crippen molar-refractivity contribution < 1.29 is 9.84 Å². The van der Waals surface area contributed by atoms with E-state index in [0.717, 1.165) is 44.8 Å². The summed E-state index contributed by atoms with van der Waals surface area (Å²) in [6.07, 6.45) is 3.45. The molecule has 1 saturated heterocycles. The molecule has 0 radical (unpaired) electrons. The molecule has 0 bridgehead atoms. The van der Waals surface area contributed by atoms with Crippen molar-refractivity contribution in [1.29, 1.82) is 0 Å². The van der Waals surface area contributed by atoms with Gasteiger partial charge in [0.05, 0.1) is 6.61 Å². The minimum absolute atomic E-state index is 0.319. The van der Waals surface area contributed by atoms with Crippen LogP contribution in [-0.4, -0.2) is 36.3 Å². The topological polar surface area (TPSA) is 32.7 Å². The molecular weight excluding hydrogens is 262 g/mol. The second-order valence-corrected chi connectivity index (χ2v) is 6.60. The Balaban J connectivity index is 1.79. The van der Waals surface area contributed by atoms with Gasteiger partial charge in [-0.05, 0) is 55.3 Å². The Bertz CT molecular complexity index is 402.